The fourth-order valence-corrected chi connectivity index (χ4v) is 2.38. The van der Waals surface area contributed by atoms with Crippen LogP contribution in [0, 0.1) is 5.92 Å². The van der Waals surface area contributed by atoms with Crippen molar-refractivity contribution in [2.45, 2.75) is 39.7 Å². The Morgan fingerprint density at radius 2 is 1.83 bits per heavy atom. The first-order valence-corrected chi connectivity index (χ1v) is 9.44. The molecule has 0 bridgehead atoms. The average molecular weight is 406 g/mol. The quantitative estimate of drug-likeness (QED) is 0.405. The number of hydrogen-bond donors (Lipinski definition) is 2. The number of nitrogens with two attached hydrogens (primary N) is 1. The van der Waals surface area contributed by atoms with E-state index in [1.54, 1.807) is 18.2 Å². The maximum absolute atomic E-state index is 11.8. The van der Waals surface area contributed by atoms with Gasteiger partial charge in [0.05, 0.1) is 7.11 Å². The maximum Gasteiger partial charge on any atom is 0.331 e. The summed E-state index contributed by atoms with van der Waals surface area (Å²) >= 11 is 0. The molecule has 29 heavy (non-hydrogen) atoms. The minimum atomic E-state index is -0.636. The molecule has 0 aliphatic rings. The van der Waals surface area contributed by atoms with E-state index in [0.29, 0.717) is 23.0 Å². The molecule has 0 radical (unpaired) electrons. The molecule has 0 aliphatic heterocycles. The second-order valence-electron chi connectivity index (χ2n) is 7.05. The van der Waals surface area contributed by atoms with E-state index in [0.717, 1.165) is 12.8 Å². The summed E-state index contributed by atoms with van der Waals surface area (Å²) in [5.74, 6) is -0.258. The van der Waals surface area contributed by atoms with Crippen LogP contribution in [0.5, 0.6) is 11.5 Å². The van der Waals surface area contributed by atoms with Crippen LogP contribution >= 0.6 is 0 Å². The summed E-state index contributed by atoms with van der Waals surface area (Å²) < 4.78 is 15.4. The van der Waals surface area contributed by atoms with Crippen LogP contribution in [0.2, 0.25) is 0 Å². The van der Waals surface area contributed by atoms with Gasteiger partial charge in [-0.3, -0.25) is 9.59 Å². The van der Waals surface area contributed by atoms with E-state index in [2.05, 4.69) is 19.2 Å². The van der Waals surface area contributed by atoms with Gasteiger partial charge in [-0.2, -0.15) is 0 Å². The summed E-state index contributed by atoms with van der Waals surface area (Å²) in [6, 6.07) is 4.93. The highest BCUT2D eigenvalue weighted by Gasteiger charge is 2.10. The Balaban J connectivity index is 2.51. The molecule has 0 heterocycles. The summed E-state index contributed by atoms with van der Waals surface area (Å²) in [7, 11) is 1.45. The Morgan fingerprint density at radius 3 is 2.45 bits per heavy atom. The third-order valence-electron chi connectivity index (χ3n) is 3.90. The summed E-state index contributed by atoms with van der Waals surface area (Å²) in [6.07, 6.45) is 4.62. The van der Waals surface area contributed by atoms with Crippen LogP contribution in [0.1, 0.15) is 39.2 Å². The summed E-state index contributed by atoms with van der Waals surface area (Å²) in [6.45, 7) is 5.57. The Bertz CT molecular complexity index is 730. The number of carbonyl (C=O) groups is 3. The van der Waals surface area contributed by atoms with Gasteiger partial charge in [0, 0.05) is 12.1 Å². The Morgan fingerprint density at radius 1 is 1.10 bits per heavy atom. The van der Waals surface area contributed by atoms with E-state index < -0.39 is 11.9 Å². The van der Waals surface area contributed by atoms with Crippen LogP contribution in [0.25, 0.3) is 6.08 Å². The Labute approximate surface area is 171 Å². The van der Waals surface area contributed by atoms with Gasteiger partial charge in [0.25, 0.3) is 11.8 Å². The predicted molar refractivity (Wildman–Crippen MR) is 109 cm³/mol. The monoisotopic (exact) mass is 406 g/mol. The van der Waals surface area contributed by atoms with E-state index >= 15 is 0 Å². The van der Waals surface area contributed by atoms with Crippen LogP contribution in [-0.4, -0.2) is 44.1 Å². The Hall–Kier alpha value is -3.03. The van der Waals surface area contributed by atoms with E-state index in [-0.39, 0.29) is 25.2 Å². The summed E-state index contributed by atoms with van der Waals surface area (Å²) in [4.78, 5) is 34.5. The normalized spacial score (nSPS) is 11.9. The molecular weight excluding hydrogens is 376 g/mol. The first-order valence-electron chi connectivity index (χ1n) is 9.44. The summed E-state index contributed by atoms with van der Waals surface area (Å²) in [5, 5.41) is 2.80. The number of esters is 1. The van der Waals surface area contributed by atoms with Crippen molar-refractivity contribution in [3.05, 3.63) is 29.8 Å². The van der Waals surface area contributed by atoms with Crippen LogP contribution in [0.3, 0.4) is 0 Å². The van der Waals surface area contributed by atoms with Crippen molar-refractivity contribution >= 4 is 23.9 Å². The van der Waals surface area contributed by atoms with Crippen molar-refractivity contribution in [3.8, 4) is 11.5 Å². The topological polar surface area (TPSA) is 117 Å². The maximum atomic E-state index is 11.8. The van der Waals surface area contributed by atoms with Gasteiger partial charge < -0.3 is 25.3 Å². The van der Waals surface area contributed by atoms with Crippen molar-refractivity contribution in [3.63, 3.8) is 0 Å². The van der Waals surface area contributed by atoms with Gasteiger partial charge >= 0.3 is 5.97 Å². The van der Waals surface area contributed by atoms with E-state index in [1.807, 2.05) is 6.92 Å². The lowest BCUT2D eigenvalue weighted by Gasteiger charge is -2.14. The van der Waals surface area contributed by atoms with Crippen molar-refractivity contribution in [2.75, 3.05) is 20.3 Å². The fourth-order valence-electron chi connectivity index (χ4n) is 2.38. The highest BCUT2D eigenvalue weighted by atomic mass is 16.5. The molecule has 0 saturated carbocycles. The highest BCUT2D eigenvalue weighted by Crippen LogP contribution is 2.28. The minimum absolute atomic E-state index is 0.0295. The molecule has 0 aliphatic carbocycles. The number of methoxy groups -OCH3 is 1. The smallest absolute Gasteiger partial charge is 0.331 e. The molecule has 1 rings (SSSR count). The molecule has 160 valence electrons. The van der Waals surface area contributed by atoms with E-state index in [9.17, 15) is 14.4 Å². The molecule has 1 aromatic carbocycles. The second-order valence-corrected chi connectivity index (χ2v) is 7.05. The molecule has 8 nitrogen and oxygen atoms in total. The molecule has 0 saturated heterocycles. The molecular formula is C21H30N2O6. The van der Waals surface area contributed by atoms with Gasteiger partial charge in [0.1, 0.15) is 0 Å². The first-order chi connectivity index (χ1) is 13.7. The van der Waals surface area contributed by atoms with Gasteiger partial charge in [0.15, 0.2) is 24.7 Å². The third kappa shape index (κ3) is 10.2. The molecule has 3 N–H and O–H groups in total. The van der Waals surface area contributed by atoms with Gasteiger partial charge in [-0.05, 0) is 49.5 Å². The summed E-state index contributed by atoms with van der Waals surface area (Å²) in [5.41, 5.74) is 5.70. The van der Waals surface area contributed by atoms with Crippen LogP contribution in [0.4, 0.5) is 0 Å². The van der Waals surface area contributed by atoms with Crippen molar-refractivity contribution < 1.29 is 28.6 Å². The lowest BCUT2D eigenvalue weighted by atomic mass is 10.0. The van der Waals surface area contributed by atoms with Gasteiger partial charge in [-0.15, -0.1) is 0 Å². The van der Waals surface area contributed by atoms with Crippen LogP contribution < -0.4 is 20.5 Å². The molecule has 1 aromatic rings. The zero-order chi connectivity index (χ0) is 21.8. The number of benzene rings is 1. The van der Waals surface area contributed by atoms with Crippen LogP contribution in [-0.2, 0) is 19.1 Å². The molecule has 8 heteroatoms. The molecule has 0 fully saturated rings. The zero-order valence-corrected chi connectivity index (χ0v) is 17.4. The standard InChI is InChI=1S/C21H30N2O6/c1-14(2)5-6-15(3)23-20(25)13-29-21(26)10-8-16-7-9-17(18(11-16)27-4)28-12-19(22)24/h7-11,14-15H,5-6,12-13H2,1-4H3,(H2,22,24)(H,23,25). The highest BCUT2D eigenvalue weighted by molar-refractivity contribution is 5.89. The fraction of sp³-hybridized carbons (Fsp3) is 0.476. The number of ether oxygens (including phenoxy) is 3. The lowest BCUT2D eigenvalue weighted by Crippen LogP contribution is -2.35. The third-order valence-corrected chi connectivity index (χ3v) is 3.90. The molecule has 1 unspecified atom stereocenters. The van der Waals surface area contributed by atoms with E-state index in [1.165, 1.54) is 19.3 Å². The predicted octanol–water partition coefficient (Wildman–Crippen LogP) is 2.06. The molecule has 1 atom stereocenters. The van der Waals surface area contributed by atoms with Gasteiger partial charge in [-0.1, -0.05) is 19.9 Å². The van der Waals surface area contributed by atoms with Gasteiger partial charge in [-0.25, -0.2) is 4.79 Å². The number of amides is 2. The number of primary amides is 1. The lowest BCUT2D eigenvalue weighted by molar-refractivity contribution is -0.144. The zero-order valence-electron chi connectivity index (χ0n) is 17.4. The largest absolute Gasteiger partial charge is 0.493 e. The Kier molecular flexibility index (Phi) is 10.3. The molecule has 2 amide bonds. The van der Waals surface area contributed by atoms with Crippen molar-refractivity contribution in [2.24, 2.45) is 11.7 Å². The number of nitrogens with one attached hydrogen (secondary N) is 1. The van der Waals surface area contributed by atoms with Gasteiger partial charge in [0.2, 0.25) is 0 Å². The SMILES string of the molecule is COc1cc(C=CC(=O)OCC(=O)NC(C)CCC(C)C)ccc1OCC(N)=O. The van der Waals surface area contributed by atoms with Crippen molar-refractivity contribution in [1.29, 1.82) is 0 Å². The first kappa shape index (κ1) is 24.0. The average Bonchev–Trinajstić information content (AvgIpc) is 2.67. The second kappa shape index (κ2) is 12.4. The van der Waals surface area contributed by atoms with Crippen LogP contribution in [0.15, 0.2) is 24.3 Å². The van der Waals surface area contributed by atoms with E-state index in [4.69, 9.17) is 19.9 Å². The molecule has 0 spiro atoms. The number of carbonyl (C=O) groups excluding carboxylic acids is 3. The minimum Gasteiger partial charge on any atom is -0.493 e. The van der Waals surface area contributed by atoms with Crippen molar-refractivity contribution in [1.82, 2.24) is 5.32 Å². The molecule has 0 aromatic heterocycles. The number of hydrogen-bond acceptors (Lipinski definition) is 6. The number of rotatable bonds is 12.